The van der Waals surface area contributed by atoms with Gasteiger partial charge < -0.3 is 10.1 Å². The first kappa shape index (κ1) is 16.5. The monoisotopic (exact) mass is 347 g/mol. The van der Waals surface area contributed by atoms with Crippen molar-refractivity contribution in [3.05, 3.63) is 51.2 Å². The maximum absolute atomic E-state index is 11.2. The maximum atomic E-state index is 11.2. The lowest BCUT2D eigenvalue weighted by molar-refractivity contribution is -0.384. The summed E-state index contributed by atoms with van der Waals surface area (Å²) in [6.45, 7) is 0. The second-order valence-electron chi connectivity index (χ2n) is 5.81. The molecule has 0 amide bonds. The number of ether oxygens (including phenoxy) is 1. The second kappa shape index (κ2) is 7.05. The summed E-state index contributed by atoms with van der Waals surface area (Å²) >= 11 is 6.26. The normalized spacial score (nSPS) is 14.6. The Kier molecular flexibility index (Phi) is 4.85. The molecule has 1 aliphatic carbocycles. The quantitative estimate of drug-likeness (QED) is 0.604. The Hall–Kier alpha value is -2.34. The SMILES string of the molecule is COc1cc(C2CCCC2)c(Nc2ncccc2[N+](=O)[O-])cc1Cl. The molecule has 126 valence electrons. The molecule has 1 aromatic carbocycles. The number of benzene rings is 1. The Morgan fingerprint density at radius 2 is 2.12 bits per heavy atom. The molecule has 0 atom stereocenters. The van der Waals surface area contributed by atoms with E-state index in [9.17, 15) is 10.1 Å². The van der Waals surface area contributed by atoms with Gasteiger partial charge in [-0.2, -0.15) is 0 Å². The fourth-order valence-corrected chi connectivity index (χ4v) is 3.42. The molecule has 0 radical (unpaired) electrons. The summed E-state index contributed by atoms with van der Waals surface area (Å²) in [5.74, 6) is 1.21. The van der Waals surface area contributed by atoms with Crippen LogP contribution in [0.1, 0.15) is 37.2 Å². The van der Waals surface area contributed by atoms with Crippen LogP contribution in [0.2, 0.25) is 5.02 Å². The van der Waals surface area contributed by atoms with Crippen molar-refractivity contribution in [2.45, 2.75) is 31.6 Å². The first-order chi connectivity index (χ1) is 11.6. The topological polar surface area (TPSA) is 77.3 Å². The standard InChI is InChI=1S/C17H18ClN3O3/c1-24-16-9-12(11-5-2-3-6-11)14(10-13(16)18)20-17-15(21(22)23)7-4-8-19-17/h4,7-11H,2-3,5-6H2,1H3,(H,19,20). The molecule has 1 saturated carbocycles. The number of hydrogen-bond donors (Lipinski definition) is 1. The molecule has 24 heavy (non-hydrogen) atoms. The van der Waals surface area contributed by atoms with E-state index >= 15 is 0 Å². The summed E-state index contributed by atoms with van der Waals surface area (Å²) in [6.07, 6.45) is 6.06. The molecule has 0 aliphatic heterocycles. The molecule has 1 aliphatic rings. The predicted octanol–water partition coefficient (Wildman–Crippen LogP) is 5.05. The number of anilines is 2. The van der Waals surface area contributed by atoms with Gasteiger partial charge in [-0.3, -0.25) is 10.1 Å². The average molecular weight is 348 g/mol. The van der Waals surface area contributed by atoms with Crippen LogP contribution in [0.4, 0.5) is 17.2 Å². The number of pyridine rings is 1. The molecule has 1 fully saturated rings. The van der Waals surface area contributed by atoms with Gasteiger partial charge in [-0.05, 0) is 42.5 Å². The zero-order chi connectivity index (χ0) is 17.1. The number of nitrogens with zero attached hydrogens (tertiary/aromatic N) is 2. The molecule has 7 heteroatoms. The molecule has 3 rings (SSSR count). The van der Waals surface area contributed by atoms with Crippen molar-refractivity contribution in [1.82, 2.24) is 4.98 Å². The number of aromatic nitrogens is 1. The summed E-state index contributed by atoms with van der Waals surface area (Å²) in [6, 6.07) is 6.65. The molecule has 1 N–H and O–H groups in total. The Balaban J connectivity index is 2.03. The van der Waals surface area contributed by atoms with Crippen LogP contribution >= 0.6 is 11.6 Å². The molecule has 0 bridgehead atoms. The Morgan fingerprint density at radius 3 is 2.79 bits per heavy atom. The highest BCUT2D eigenvalue weighted by atomic mass is 35.5. The van der Waals surface area contributed by atoms with Crippen LogP contribution in [0.15, 0.2) is 30.5 Å². The van der Waals surface area contributed by atoms with Gasteiger partial charge in [0.15, 0.2) is 0 Å². The van der Waals surface area contributed by atoms with Gasteiger partial charge in [-0.1, -0.05) is 24.4 Å². The lowest BCUT2D eigenvalue weighted by Crippen LogP contribution is -2.04. The third-order valence-corrected chi connectivity index (χ3v) is 4.65. The van der Waals surface area contributed by atoms with Gasteiger partial charge in [0.05, 0.1) is 17.1 Å². The van der Waals surface area contributed by atoms with Crippen LogP contribution in [0.25, 0.3) is 0 Å². The van der Waals surface area contributed by atoms with Gasteiger partial charge in [0.1, 0.15) is 5.75 Å². The van der Waals surface area contributed by atoms with Gasteiger partial charge in [0, 0.05) is 18.0 Å². The van der Waals surface area contributed by atoms with E-state index in [0.29, 0.717) is 16.7 Å². The van der Waals surface area contributed by atoms with Crippen LogP contribution in [-0.4, -0.2) is 17.0 Å². The number of hydrogen-bond acceptors (Lipinski definition) is 5. The van der Waals surface area contributed by atoms with Gasteiger partial charge in [-0.25, -0.2) is 4.98 Å². The van der Waals surface area contributed by atoms with Crippen LogP contribution in [-0.2, 0) is 0 Å². The fraction of sp³-hybridized carbons (Fsp3) is 0.353. The van der Waals surface area contributed by atoms with Crippen LogP contribution in [0.3, 0.4) is 0 Å². The van der Waals surface area contributed by atoms with Crippen LogP contribution in [0, 0.1) is 10.1 Å². The van der Waals surface area contributed by atoms with Crippen molar-refractivity contribution in [2.24, 2.45) is 0 Å². The Morgan fingerprint density at radius 1 is 1.38 bits per heavy atom. The molecule has 2 aromatic rings. The van der Waals surface area contributed by atoms with Gasteiger partial charge >= 0.3 is 5.69 Å². The lowest BCUT2D eigenvalue weighted by atomic mass is 9.95. The number of methoxy groups -OCH3 is 1. The van der Waals surface area contributed by atoms with Crippen molar-refractivity contribution in [3.63, 3.8) is 0 Å². The zero-order valence-electron chi connectivity index (χ0n) is 13.3. The van der Waals surface area contributed by atoms with Crippen LogP contribution in [0.5, 0.6) is 5.75 Å². The number of halogens is 1. The molecular weight excluding hydrogens is 330 g/mol. The van der Waals surface area contributed by atoms with E-state index in [1.807, 2.05) is 6.07 Å². The molecule has 6 nitrogen and oxygen atoms in total. The summed E-state index contributed by atoms with van der Waals surface area (Å²) in [4.78, 5) is 14.9. The molecule has 0 unspecified atom stereocenters. The van der Waals surface area contributed by atoms with Crippen molar-refractivity contribution < 1.29 is 9.66 Å². The highest BCUT2D eigenvalue weighted by Crippen LogP contribution is 2.43. The smallest absolute Gasteiger partial charge is 0.311 e. The van der Waals surface area contributed by atoms with Crippen molar-refractivity contribution in [2.75, 3.05) is 12.4 Å². The molecule has 1 heterocycles. The Bertz CT molecular complexity index is 761. The minimum Gasteiger partial charge on any atom is -0.495 e. The lowest BCUT2D eigenvalue weighted by Gasteiger charge is -2.18. The Labute approximate surface area is 145 Å². The summed E-state index contributed by atoms with van der Waals surface area (Å²) < 4.78 is 5.33. The number of nitrogens with one attached hydrogen (secondary N) is 1. The summed E-state index contributed by atoms with van der Waals surface area (Å²) in [5, 5.41) is 14.8. The van der Waals surface area contributed by atoms with Gasteiger partial charge in [-0.15, -0.1) is 0 Å². The van der Waals surface area contributed by atoms with E-state index in [2.05, 4.69) is 10.3 Å². The van der Waals surface area contributed by atoms with E-state index in [0.717, 1.165) is 24.1 Å². The van der Waals surface area contributed by atoms with E-state index in [4.69, 9.17) is 16.3 Å². The average Bonchev–Trinajstić information content (AvgIpc) is 3.09. The molecule has 1 aromatic heterocycles. The number of rotatable bonds is 5. The largest absolute Gasteiger partial charge is 0.495 e. The molecular formula is C17H18ClN3O3. The third kappa shape index (κ3) is 3.28. The molecule has 0 saturated heterocycles. The van der Waals surface area contributed by atoms with E-state index in [1.54, 1.807) is 19.2 Å². The minimum absolute atomic E-state index is 0.0678. The summed E-state index contributed by atoms with van der Waals surface area (Å²) in [7, 11) is 1.58. The molecule has 0 spiro atoms. The second-order valence-corrected chi connectivity index (χ2v) is 6.22. The third-order valence-electron chi connectivity index (χ3n) is 4.36. The van der Waals surface area contributed by atoms with Crippen LogP contribution < -0.4 is 10.1 Å². The van der Waals surface area contributed by atoms with E-state index in [-0.39, 0.29) is 11.5 Å². The maximum Gasteiger partial charge on any atom is 0.311 e. The van der Waals surface area contributed by atoms with E-state index in [1.165, 1.54) is 25.1 Å². The van der Waals surface area contributed by atoms with Crippen molar-refractivity contribution in [3.8, 4) is 5.75 Å². The first-order valence-corrected chi connectivity index (χ1v) is 8.22. The highest BCUT2D eigenvalue weighted by Gasteiger charge is 2.23. The zero-order valence-corrected chi connectivity index (χ0v) is 14.0. The van der Waals surface area contributed by atoms with Crippen molar-refractivity contribution in [1.29, 1.82) is 0 Å². The van der Waals surface area contributed by atoms with Gasteiger partial charge in [0.25, 0.3) is 0 Å². The first-order valence-electron chi connectivity index (χ1n) is 7.84. The number of nitro groups is 1. The van der Waals surface area contributed by atoms with E-state index < -0.39 is 4.92 Å². The predicted molar refractivity (Wildman–Crippen MR) is 93.4 cm³/mol. The minimum atomic E-state index is -0.449. The van der Waals surface area contributed by atoms with Gasteiger partial charge in [0.2, 0.25) is 5.82 Å². The fourth-order valence-electron chi connectivity index (χ4n) is 3.18. The summed E-state index contributed by atoms with van der Waals surface area (Å²) in [5.41, 5.74) is 1.74. The van der Waals surface area contributed by atoms with Crippen molar-refractivity contribution >= 4 is 28.8 Å². The highest BCUT2D eigenvalue weighted by molar-refractivity contribution is 6.32.